The number of urea groups is 1. The maximum atomic E-state index is 12.9. The van der Waals surface area contributed by atoms with Gasteiger partial charge >= 0.3 is 6.03 Å². The summed E-state index contributed by atoms with van der Waals surface area (Å²) >= 11 is 6.18. The summed E-state index contributed by atoms with van der Waals surface area (Å²) in [6.45, 7) is 3.86. The zero-order chi connectivity index (χ0) is 21.0. The number of nitrogens with one attached hydrogen (secondary N) is 1. The first kappa shape index (κ1) is 20.2. The van der Waals surface area contributed by atoms with Gasteiger partial charge in [-0.25, -0.2) is 9.69 Å². The van der Waals surface area contributed by atoms with E-state index in [0.717, 1.165) is 4.90 Å². The Bertz CT molecular complexity index is 1010. The summed E-state index contributed by atoms with van der Waals surface area (Å²) in [5, 5.41) is 2.48. The Morgan fingerprint density at radius 2 is 1.86 bits per heavy atom. The molecule has 1 heterocycles. The average Bonchev–Trinajstić information content (AvgIpc) is 2.71. The summed E-state index contributed by atoms with van der Waals surface area (Å²) in [5.41, 5.74) is 0.609. The number of halogens is 1. The van der Waals surface area contributed by atoms with E-state index in [0.29, 0.717) is 34.4 Å². The maximum absolute atomic E-state index is 12.9. The minimum absolute atomic E-state index is 0.198. The number of benzene rings is 2. The van der Waals surface area contributed by atoms with Crippen molar-refractivity contribution >= 4 is 41.2 Å². The standard InChI is InChI=1S/C21H17ClN2O5/c1-3-10-29-18-9-4-13(12-17(18)22)11-16-19(25)23-21(27)24(20(16)26)14-5-7-15(28-2)8-6-14/h3-9,11-12H,1,10H2,2H3,(H,23,25,27)/b16-11+. The zero-order valence-corrected chi connectivity index (χ0v) is 16.2. The van der Waals surface area contributed by atoms with E-state index in [9.17, 15) is 14.4 Å². The van der Waals surface area contributed by atoms with Gasteiger partial charge in [0.25, 0.3) is 11.8 Å². The minimum atomic E-state index is -0.825. The Kier molecular flexibility index (Phi) is 5.99. The van der Waals surface area contributed by atoms with Crippen LogP contribution in [0.4, 0.5) is 10.5 Å². The average molecular weight is 413 g/mol. The van der Waals surface area contributed by atoms with Crippen molar-refractivity contribution in [2.24, 2.45) is 0 Å². The highest BCUT2D eigenvalue weighted by atomic mass is 35.5. The summed E-state index contributed by atoms with van der Waals surface area (Å²) in [6.07, 6.45) is 2.95. The number of barbiturate groups is 1. The van der Waals surface area contributed by atoms with Crippen LogP contribution in [0.3, 0.4) is 0 Å². The highest BCUT2D eigenvalue weighted by Gasteiger charge is 2.36. The number of hydrogen-bond acceptors (Lipinski definition) is 5. The van der Waals surface area contributed by atoms with Crippen LogP contribution in [0.5, 0.6) is 11.5 Å². The Hall–Kier alpha value is -3.58. The van der Waals surface area contributed by atoms with E-state index in [1.807, 2.05) is 0 Å². The summed E-state index contributed by atoms with van der Waals surface area (Å²) in [6, 6.07) is 10.3. The monoisotopic (exact) mass is 412 g/mol. The third kappa shape index (κ3) is 4.30. The molecular weight excluding hydrogens is 396 g/mol. The van der Waals surface area contributed by atoms with Gasteiger partial charge in [-0.2, -0.15) is 0 Å². The number of ether oxygens (including phenoxy) is 2. The molecule has 0 spiro atoms. The summed E-state index contributed by atoms with van der Waals surface area (Å²) < 4.78 is 10.5. The zero-order valence-electron chi connectivity index (χ0n) is 15.5. The van der Waals surface area contributed by atoms with E-state index < -0.39 is 17.8 Å². The van der Waals surface area contributed by atoms with Crippen molar-refractivity contribution in [2.75, 3.05) is 18.6 Å². The second-order valence-electron chi connectivity index (χ2n) is 5.95. The third-order valence-electron chi connectivity index (χ3n) is 4.06. The van der Waals surface area contributed by atoms with Gasteiger partial charge in [0, 0.05) is 0 Å². The number of carbonyl (C=O) groups excluding carboxylic acids is 3. The van der Waals surface area contributed by atoms with Gasteiger partial charge in [0.15, 0.2) is 0 Å². The van der Waals surface area contributed by atoms with Gasteiger partial charge in [0.1, 0.15) is 23.7 Å². The van der Waals surface area contributed by atoms with Gasteiger partial charge in [0.2, 0.25) is 0 Å². The van der Waals surface area contributed by atoms with Crippen molar-refractivity contribution in [1.82, 2.24) is 5.32 Å². The number of imide groups is 2. The van der Waals surface area contributed by atoms with Gasteiger partial charge < -0.3 is 9.47 Å². The lowest BCUT2D eigenvalue weighted by molar-refractivity contribution is -0.122. The molecule has 2 aromatic rings. The molecule has 148 valence electrons. The van der Waals surface area contributed by atoms with Crippen LogP contribution in [0.15, 0.2) is 60.7 Å². The number of hydrogen-bond donors (Lipinski definition) is 1. The first-order valence-corrected chi connectivity index (χ1v) is 8.91. The molecule has 0 aliphatic carbocycles. The first-order chi connectivity index (χ1) is 13.9. The second-order valence-corrected chi connectivity index (χ2v) is 6.35. The normalized spacial score (nSPS) is 15.3. The lowest BCUT2D eigenvalue weighted by Crippen LogP contribution is -2.54. The largest absolute Gasteiger partial charge is 0.497 e. The fourth-order valence-electron chi connectivity index (χ4n) is 2.66. The molecule has 1 N–H and O–H groups in total. The van der Waals surface area contributed by atoms with Gasteiger partial charge in [-0.1, -0.05) is 30.3 Å². The van der Waals surface area contributed by atoms with E-state index in [2.05, 4.69) is 11.9 Å². The summed E-state index contributed by atoms with van der Waals surface area (Å²) in [4.78, 5) is 38.2. The van der Waals surface area contributed by atoms with Crippen molar-refractivity contribution in [1.29, 1.82) is 0 Å². The van der Waals surface area contributed by atoms with Gasteiger partial charge in [-0.3, -0.25) is 14.9 Å². The van der Waals surface area contributed by atoms with Crippen LogP contribution in [0.1, 0.15) is 5.56 Å². The van der Waals surface area contributed by atoms with Crippen molar-refractivity contribution in [2.45, 2.75) is 0 Å². The van der Waals surface area contributed by atoms with Crippen LogP contribution in [-0.4, -0.2) is 31.6 Å². The van der Waals surface area contributed by atoms with E-state index >= 15 is 0 Å². The molecule has 7 nitrogen and oxygen atoms in total. The molecule has 0 bridgehead atoms. The predicted octanol–water partition coefficient (Wildman–Crippen LogP) is 3.58. The Balaban J connectivity index is 1.92. The molecule has 1 aliphatic heterocycles. The molecule has 0 radical (unpaired) electrons. The second kappa shape index (κ2) is 8.62. The van der Waals surface area contributed by atoms with E-state index in [4.69, 9.17) is 21.1 Å². The highest BCUT2D eigenvalue weighted by molar-refractivity contribution is 6.39. The molecule has 8 heteroatoms. The summed E-state index contributed by atoms with van der Waals surface area (Å²) in [5.74, 6) is -0.512. The smallest absolute Gasteiger partial charge is 0.335 e. The number of carbonyl (C=O) groups is 3. The number of rotatable bonds is 6. The quantitative estimate of drug-likeness (QED) is 0.445. The van der Waals surface area contributed by atoms with Gasteiger partial charge in [-0.15, -0.1) is 0 Å². The number of anilines is 1. The first-order valence-electron chi connectivity index (χ1n) is 8.53. The topological polar surface area (TPSA) is 84.9 Å². The van der Waals surface area contributed by atoms with Crippen molar-refractivity contribution in [3.8, 4) is 11.5 Å². The highest BCUT2D eigenvalue weighted by Crippen LogP contribution is 2.28. The number of amides is 4. The van der Waals surface area contributed by atoms with Gasteiger partial charge in [0.05, 0.1) is 17.8 Å². The summed E-state index contributed by atoms with van der Waals surface area (Å²) in [7, 11) is 1.51. The molecule has 1 fully saturated rings. The molecule has 0 atom stereocenters. The minimum Gasteiger partial charge on any atom is -0.497 e. The van der Waals surface area contributed by atoms with Crippen LogP contribution in [0, 0.1) is 0 Å². The van der Waals surface area contributed by atoms with Crippen LogP contribution in [0.2, 0.25) is 5.02 Å². The van der Waals surface area contributed by atoms with E-state index in [1.54, 1.807) is 48.5 Å². The fraction of sp³-hybridized carbons (Fsp3) is 0.0952. The molecule has 4 amide bonds. The maximum Gasteiger partial charge on any atom is 0.335 e. The molecule has 0 saturated carbocycles. The Labute approximate surface area is 172 Å². The molecule has 0 aromatic heterocycles. The van der Waals surface area contributed by atoms with Crippen molar-refractivity contribution in [3.63, 3.8) is 0 Å². The molecular formula is C21H17ClN2O5. The SMILES string of the molecule is C=CCOc1ccc(/C=C2\C(=O)NC(=O)N(c3ccc(OC)cc3)C2=O)cc1Cl. The third-order valence-corrected chi connectivity index (χ3v) is 4.35. The fourth-order valence-corrected chi connectivity index (χ4v) is 2.91. The molecule has 1 saturated heterocycles. The Morgan fingerprint density at radius 3 is 2.48 bits per heavy atom. The van der Waals surface area contributed by atoms with Gasteiger partial charge in [-0.05, 0) is 48.0 Å². The van der Waals surface area contributed by atoms with Crippen LogP contribution in [0.25, 0.3) is 6.08 Å². The van der Waals surface area contributed by atoms with E-state index in [-0.39, 0.29) is 5.57 Å². The van der Waals surface area contributed by atoms with E-state index in [1.165, 1.54) is 13.2 Å². The van der Waals surface area contributed by atoms with Crippen LogP contribution < -0.4 is 19.7 Å². The van der Waals surface area contributed by atoms with Crippen LogP contribution >= 0.6 is 11.6 Å². The molecule has 0 unspecified atom stereocenters. The molecule has 3 rings (SSSR count). The Morgan fingerprint density at radius 1 is 1.14 bits per heavy atom. The number of nitrogens with zero attached hydrogens (tertiary/aromatic N) is 1. The lowest BCUT2D eigenvalue weighted by atomic mass is 10.1. The predicted molar refractivity (Wildman–Crippen MR) is 109 cm³/mol. The van der Waals surface area contributed by atoms with Crippen molar-refractivity contribution in [3.05, 3.63) is 71.3 Å². The lowest BCUT2D eigenvalue weighted by Gasteiger charge is -2.26. The molecule has 2 aromatic carbocycles. The molecule has 1 aliphatic rings. The van der Waals surface area contributed by atoms with Crippen LogP contribution in [-0.2, 0) is 9.59 Å². The van der Waals surface area contributed by atoms with Crippen molar-refractivity contribution < 1.29 is 23.9 Å². The molecule has 29 heavy (non-hydrogen) atoms. The number of methoxy groups -OCH3 is 1.